The molecule has 0 saturated carbocycles. The van der Waals surface area contributed by atoms with Gasteiger partial charge in [0.25, 0.3) is 0 Å². The third-order valence-electron chi connectivity index (χ3n) is 5.60. The molecule has 0 unspecified atom stereocenters. The zero-order valence-corrected chi connectivity index (χ0v) is 18.7. The molecule has 0 spiro atoms. The second-order valence-corrected chi connectivity index (χ2v) is 9.62. The summed E-state index contributed by atoms with van der Waals surface area (Å²) in [5.74, 6) is -0.731. The highest BCUT2D eigenvalue weighted by Gasteiger charge is 2.34. The third-order valence-corrected chi connectivity index (χ3v) is 7.46. The van der Waals surface area contributed by atoms with E-state index in [2.05, 4.69) is 5.32 Å². The maximum Gasteiger partial charge on any atom is 0.419 e. The second kappa shape index (κ2) is 8.79. The van der Waals surface area contributed by atoms with E-state index in [1.54, 1.807) is 31.3 Å². The molecule has 1 atom stereocenters. The highest BCUT2D eigenvalue weighted by molar-refractivity contribution is 7.89. The first kappa shape index (κ1) is 22.1. The number of hydrogen-bond donors (Lipinski definition) is 1. The molecule has 1 fully saturated rings. The van der Waals surface area contributed by atoms with Crippen molar-refractivity contribution in [3.63, 3.8) is 0 Å². The van der Waals surface area contributed by atoms with Crippen molar-refractivity contribution in [2.24, 2.45) is 13.0 Å². The summed E-state index contributed by atoms with van der Waals surface area (Å²) in [6.07, 6.45) is 1.15. The lowest BCUT2D eigenvalue weighted by atomic mass is 9.98. The minimum atomic E-state index is -3.86. The monoisotopic (exact) mass is 459 g/mol. The average Bonchev–Trinajstić information content (AvgIpc) is 3.08. The Morgan fingerprint density at radius 2 is 2.03 bits per heavy atom. The summed E-state index contributed by atoms with van der Waals surface area (Å²) in [6.45, 7) is 2.72. The number of rotatable bonds is 6. The number of fused-ring (bicyclic) bond motifs is 1. The van der Waals surface area contributed by atoms with Gasteiger partial charge in [0.15, 0.2) is 5.58 Å². The molecule has 2 aromatic carbocycles. The number of nitrogens with zero attached hydrogens (tertiary/aromatic N) is 2. The van der Waals surface area contributed by atoms with Gasteiger partial charge in [-0.3, -0.25) is 9.36 Å². The first-order valence-corrected chi connectivity index (χ1v) is 11.9. The molecule has 1 aliphatic heterocycles. The predicted molar refractivity (Wildman–Crippen MR) is 119 cm³/mol. The summed E-state index contributed by atoms with van der Waals surface area (Å²) in [6, 6.07) is 11.5. The summed E-state index contributed by atoms with van der Waals surface area (Å²) in [5.41, 5.74) is 1.28. The third kappa shape index (κ3) is 4.15. The van der Waals surface area contributed by atoms with Crippen LogP contribution in [-0.4, -0.2) is 42.9 Å². The van der Waals surface area contributed by atoms with Gasteiger partial charge in [-0.25, -0.2) is 13.2 Å². The minimum absolute atomic E-state index is 0.0297. The van der Waals surface area contributed by atoms with Crippen molar-refractivity contribution in [1.82, 2.24) is 8.87 Å². The number of hydrogen-bond acceptors (Lipinski definition) is 6. The fourth-order valence-corrected chi connectivity index (χ4v) is 5.42. The Bertz CT molecular complexity index is 1310. The van der Waals surface area contributed by atoms with Crippen molar-refractivity contribution >= 4 is 32.7 Å². The number of carbonyl (C=O) groups excluding carboxylic acids is 1. The Kier molecular flexibility index (Phi) is 6.07. The molecule has 9 nitrogen and oxygen atoms in total. The molecule has 0 bridgehead atoms. The number of sulfonamides is 1. The van der Waals surface area contributed by atoms with Gasteiger partial charge in [0.1, 0.15) is 5.75 Å². The highest BCUT2D eigenvalue weighted by Crippen LogP contribution is 2.28. The lowest BCUT2D eigenvalue weighted by Gasteiger charge is -2.31. The van der Waals surface area contributed by atoms with Crippen molar-refractivity contribution in [3.8, 4) is 5.75 Å². The van der Waals surface area contributed by atoms with E-state index in [-0.39, 0.29) is 22.9 Å². The van der Waals surface area contributed by atoms with Gasteiger partial charge < -0.3 is 14.5 Å². The molecule has 1 N–H and O–H groups in total. The molecule has 0 aliphatic carbocycles. The average molecular weight is 460 g/mol. The fourth-order valence-electron chi connectivity index (χ4n) is 3.88. The highest BCUT2D eigenvalue weighted by atomic mass is 32.2. The SMILES string of the molecule is CCOc1ccccc1NC(=O)[C@@H]1CCCN(S(=O)(=O)c2ccc3c(c2)oc(=O)n3C)C1. The molecule has 1 aromatic heterocycles. The van der Waals surface area contributed by atoms with Gasteiger partial charge >= 0.3 is 5.76 Å². The number of piperidine rings is 1. The zero-order valence-electron chi connectivity index (χ0n) is 17.9. The number of aryl methyl sites for hydroxylation is 1. The Labute approximate surface area is 185 Å². The first-order chi connectivity index (χ1) is 15.3. The molecular formula is C22H25N3O6S. The van der Waals surface area contributed by atoms with E-state index in [4.69, 9.17) is 9.15 Å². The predicted octanol–water partition coefficient (Wildman–Crippen LogP) is 2.57. The Hall–Kier alpha value is -3.11. The molecule has 2 heterocycles. The standard InChI is InChI=1S/C22H25N3O6S/c1-3-30-19-9-5-4-8-17(19)23-21(26)15-7-6-12-25(14-15)32(28,29)16-10-11-18-20(13-16)31-22(27)24(18)2/h4-5,8-11,13,15H,3,6-7,12,14H2,1-2H3,(H,23,26)/t15-/m1/s1. The number of nitrogens with one attached hydrogen (secondary N) is 1. The zero-order chi connectivity index (χ0) is 22.9. The largest absolute Gasteiger partial charge is 0.492 e. The number of oxazole rings is 1. The topological polar surface area (TPSA) is 111 Å². The number of aromatic nitrogens is 1. The summed E-state index contributed by atoms with van der Waals surface area (Å²) >= 11 is 0. The van der Waals surface area contributed by atoms with E-state index >= 15 is 0 Å². The van der Waals surface area contributed by atoms with Gasteiger partial charge in [-0.1, -0.05) is 12.1 Å². The molecule has 1 aliphatic rings. The number of benzene rings is 2. The Morgan fingerprint density at radius 3 is 2.81 bits per heavy atom. The van der Waals surface area contributed by atoms with Crippen molar-refractivity contribution in [2.45, 2.75) is 24.7 Å². The minimum Gasteiger partial charge on any atom is -0.492 e. The molecule has 0 radical (unpaired) electrons. The maximum atomic E-state index is 13.2. The van der Waals surface area contributed by atoms with Crippen LogP contribution in [0.2, 0.25) is 0 Å². The molecule has 10 heteroatoms. The van der Waals surface area contributed by atoms with Crippen LogP contribution in [0.4, 0.5) is 5.69 Å². The summed E-state index contributed by atoms with van der Waals surface area (Å²) < 4.78 is 39.8. The van der Waals surface area contributed by atoms with Gasteiger partial charge in [-0.2, -0.15) is 4.31 Å². The van der Waals surface area contributed by atoms with Crippen LogP contribution < -0.4 is 15.8 Å². The van der Waals surface area contributed by atoms with Gasteiger partial charge in [-0.15, -0.1) is 0 Å². The fraction of sp³-hybridized carbons (Fsp3) is 0.364. The van der Waals surface area contributed by atoms with Gasteiger partial charge in [0, 0.05) is 26.2 Å². The van der Waals surface area contributed by atoms with Crippen LogP contribution in [0.25, 0.3) is 11.1 Å². The lowest BCUT2D eigenvalue weighted by molar-refractivity contribution is -0.120. The van der Waals surface area contributed by atoms with E-state index in [1.165, 1.54) is 21.0 Å². The Morgan fingerprint density at radius 1 is 1.25 bits per heavy atom. The van der Waals surface area contributed by atoms with E-state index in [9.17, 15) is 18.0 Å². The maximum absolute atomic E-state index is 13.2. The number of para-hydroxylation sites is 2. The summed E-state index contributed by atoms with van der Waals surface area (Å²) in [5, 5.41) is 2.87. The molecule has 1 saturated heterocycles. The molecule has 1 amide bonds. The number of amides is 1. The smallest absolute Gasteiger partial charge is 0.419 e. The molecule has 4 rings (SSSR count). The number of ether oxygens (including phenoxy) is 1. The van der Waals surface area contributed by atoms with Gasteiger partial charge in [0.2, 0.25) is 15.9 Å². The molecule has 170 valence electrons. The van der Waals surface area contributed by atoms with E-state index in [0.29, 0.717) is 42.9 Å². The summed E-state index contributed by atoms with van der Waals surface area (Å²) in [7, 11) is -2.30. The molecule has 32 heavy (non-hydrogen) atoms. The number of carbonyl (C=O) groups is 1. The van der Waals surface area contributed by atoms with E-state index < -0.39 is 21.7 Å². The second-order valence-electron chi connectivity index (χ2n) is 7.68. The van der Waals surface area contributed by atoms with Crippen molar-refractivity contribution in [3.05, 3.63) is 53.0 Å². The van der Waals surface area contributed by atoms with Crippen LogP contribution in [0.1, 0.15) is 19.8 Å². The molecule has 3 aromatic rings. The normalized spacial score (nSPS) is 17.4. The van der Waals surface area contributed by atoms with Crippen LogP contribution in [-0.2, 0) is 21.9 Å². The lowest BCUT2D eigenvalue weighted by Crippen LogP contribution is -2.43. The van der Waals surface area contributed by atoms with Crippen molar-refractivity contribution in [2.75, 3.05) is 25.0 Å². The summed E-state index contributed by atoms with van der Waals surface area (Å²) in [4.78, 5) is 24.7. The van der Waals surface area contributed by atoms with Crippen LogP contribution in [0, 0.1) is 5.92 Å². The van der Waals surface area contributed by atoms with Gasteiger partial charge in [0.05, 0.1) is 28.6 Å². The first-order valence-electron chi connectivity index (χ1n) is 10.4. The van der Waals surface area contributed by atoms with Crippen LogP contribution in [0.5, 0.6) is 5.75 Å². The van der Waals surface area contributed by atoms with Crippen LogP contribution >= 0.6 is 0 Å². The quantitative estimate of drug-likeness (QED) is 0.607. The van der Waals surface area contributed by atoms with Crippen LogP contribution in [0.15, 0.2) is 56.6 Å². The van der Waals surface area contributed by atoms with E-state index in [0.717, 1.165) is 0 Å². The molecular weight excluding hydrogens is 434 g/mol. The van der Waals surface area contributed by atoms with Crippen molar-refractivity contribution in [1.29, 1.82) is 0 Å². The van der Waals surface area contributed by atoms with Gasteiger partial charge in [-0.05, 0) is 44.0 Å². The van der Waals surface area contributed by atoms with Crippen LogP contribution in [0.3, 0.4) is 0 Å². The van der Waals surface area contributed by atoms with Crippen molar-refractivity contribution < 1.29 is 22.4 Å². The van der Waals surface area contributed by atoms with E-state index in [1.807, 2.05) is 13.0 Å². The number of anilines is 1. The Balaban J connectivity index is 1.53.